The third kappa shape index (κ3) is 2.63. The zero-order valence-corrected chi connectivity index (χ0v) is 14.1. The summed E-state index contributed by atoms with van der Waals surface area (Å²) in [5.41, 5.74) is 1.50. The molecular weight excluding hydrogens is 302 g/mol. The summed E-state index contributed by atoms with van der Waals surface area (Å²) < 4.78 is 5.97. The fraction of sp³-hybridized carbons (Fsp3) is 0.550. The number of furan rings is 1. The molecule has 2 aliphatic carbocycles. The van der Waals surface area contributed by atoms with Gasteiger partial charge in [-0.3, -0.25) is 4.79 Å². The predicted octanol–water partition coefficient (Wildman–Crippen LogP) is 3.52. The molecule has 4 heteroatoms. The van der Waals surface area contributed by atoms with Gasteiger partial charge >= 0.3 is 0 Å². The number of rotatable bonds is 6. The highest BCUT2D eigenvalue weighted by atomic mass is 16.3. The third-order valence-corrected chi connectivity index (χ3v) is 5.77. The van der Waals surface area contributed by atoms with Crippen LogP contribution in [0.2, 0.25) is 0 Å². The molecule has 24 heavy (non-hydrogen) atoms. The second-order valence-corrected chi connectivity index (χ2v) is 7.32. The van der Waals surface area contributed by atoms with E-state index in [9.17, 15) is 9.90 Å². The van der Waals surface area contributed by atoms with Crippen molar-refractivity contribution >= 4 is 16.9 Å². The van der Waals surface area contributed by atoms with Crippen molar-refractivity contribution in [2.24, 2.45) is 17.8 Å². The number of hydrogen-bond acceptors (Lipinski definition) is 3. The molecule has 1 aromatic carbocycles. The van der Waals surface area contributed by atoms with Crippen molar-refractivity contribution < 1.29 is 14.3 Å². The van der Waals surface area contributed by atoms with E-state index in [1.54, 1.807) is 0 Å². The standard InChI is InChI=1S/C20H25NO3/c1-2-3-7-18-19(13-6-4-5-8-17(13)24-18)20(23)21-16-9-12(11-22)14-10-15(14)16/h4-6,8,12,14-16,22H,2-3,7,9-11H2,1H3,(H,21,23)/t12-,14-,15-,16-/m0/s1. The van der Waals surface area contributed by atoms with Gasteiger partial charge < -0.3 is 14.8 Å². The first-order valence-corrected chi connectivity index (χ1v) is 9.15. The lowest BCUT2D eigenvalue weighted by molar-refractivity contribution is 0.0929. The van der Waals surface area contributed by atoms with Crippen molar-refractivity contribution in [1.29, 1.82) is 0 Å². The summed E-state index contributed by atoms with van der Waals surface area (Å²) in [6.07, 6.45) is 4.93. The van der Waals surface area contributed by atoms with Crippen LogP contribution in [0.1, 0.15) is 48.7 Å². The van der Waals surface area contributed by atoms with Crippen molar-refractivity contribution in [3.05, 3.63) is 35.6 Å². The number of aliphatic hydroxyl groups excluding tert-OH is 1. The molecule has 0 saturated heterocycles. The maximum atomic E-state index is 13.0. The molecule has 2 aromatic rings. The Morgan fingerprint density at radius 1 is 1.29 bits per heavy atom. The first-order chi connectivity index (χ1) is 11.7. The molecule has 0 bridgehead atoms. The van der Waals surface area contributed by atoms with Crippen LogP contribution in [0, 0.1) is 17.8 Å². The smallest absolute Gasteiger partial charge is 0.255 e. The van der Waals surface area contributed by atoms with Gasteiger partial charge in [-0.1, -0.05) is 31.5 Å². The van der Waals surface area contributed by atoms with Crippen LogP contribution >= 0.6 is 0 Å². The molecule has 2 N–H and O–H groups in total. The Morgan fingerprint density at radius 3 is 2.88 bits per heavy atom. The topological polar surface area (TPSA) is 62.5 Å². The van der Waals surface area contributed by atoms with Crippen LogP contribution in [0.25, 0.3) is 11.0 Å². The number of aryl methyl sites for hydroxylation is 1. The number of para-hydroxylation sites is 1. The third-order valence-electron chi connectivity index (χ3n) is 5.77. The summed E-state index contributed by atoms with van der Waals surface area (Å²) in [6, 6.07) is 7.98. The predicted molar refractivity (Wildman–Crippen MR) is 92.9 cm³/mol. The lowest BCUT2D eigenvalue weighted by Crippen LogP contribution is -2.36. The molecule has 128 valence electrons. The maximum Gasteiger partial charge on any atom is 0.255 e. The van der Waals surface area contributed by atoms with E-state index in [-0.39, 0.29) is 18.6 Å². The Balaban J connectivity index is 1.59. The van der Waals surface area contributed by atoms with Gasteiger partial charge in [0.25, 0.3) is 5.91 Å². The SMILES string of the molecule is CCCCc1oc2ccccc2c1C(=O)N[C@H]1C[C@@H](CO)[C@@H]2C[C@@H]21. The van der Waals surface area contributed by atoms with E-state index in [1.165, 1.54) is 0 Å². The summed E-state index contributed by atoms with van der Waals surface area (Å²) in [5.74, 6) is 2.32. The number of hydrogen-bond donors (Lipinski definition) is 2. The van der Waals surface area contributed by atoms with E-state index in [0.29, 0.717) is 23.3 Å². The van der Waals surface area contributed by atoms with Crippen molar-refractivity contribution in [1.82, 2.24) is 5.32 Å². The van der Waals surface area contributed by atoms with Crippen molar-refractivity contribution in [2.45, 2.75) is 45.1 Å². The van der Waals surface area contributed by atoms with E-state index in [1.807, 2.05) is 24.3 Å². The molecule has 2 aliphatic rings. The van der Waals surface area contributed by atoms with Gasteiger partial charge in [0.1, 0.15) is 11.3 Å². The van der Waals surface area contributed by atoms with Crippen LogP contribution in [0.3, 0.4) is 0 Å². The Bertz CT molecular complexity index is 750. The molecule has 1 heterocycles. The number of amides is 1. The molecule has 0 unspecified atom stereocenters. The Morgan fingerprint density at radius 2 is 2.12 bits per heavy atom. The fourth-order valence-electron chi connectivity index (χ4n) is 4.39. The number of carbonyl (C=O) groups is 1. The minimum Gasteiger partial charge on any atom is -0.460 e. The molecule has 2 fully saturated rings. The molecule has 0 radical (unpaired) electrons. The van der Waals surface area contributed by atoms with Crippen LogP contribution in [-0.4, -0.2) is 23.7 Å². The quantitative estimate of drug-likeness (QED) is 0.853. The molecule has 4 atom stereocenters. The summed E-state index contributed by atoms with van der Waals surface area (Å²) in [5, 5.41) is 13.6. The van der Waals surface area contributed by atoms with Gasteiger partial charge in [0.15, 0.2) is 0 Å². The van der Waals surface area contributed by atoms with Gasteiger partial charge in [0.05, 0.1) is 5.56 Å². The van der Waals surface area contributed by atoms with E-state index in [0.717, 1.165) is 48.8 Å². The number of aliphatic hydroxyl groups is 1. The van der Waals surface area contributed by atoms with Crippen molar-refractivity contribution in [2.75, 3.05) is 6.61 Å². The minimum atomic E-state index is -0.0136. The molecule has 2 saturated carbocycles. The highest BCUT2D eigenvalue weighted by Crippen LogP contribution is 2.55. The lowest BCUT2D eigenvalue weighted by Gasteiger charge is -2.16. The van der Waals surface area contributed by atoms with Gasteiger partial charge in [-0.2, -0.15) is 0 Å². The zero-order chi connectivity index (χ0) is 16.7. The highest BCUT2D eigenvalue weighted by Gasteiger charge is 2.54. The Hall–Kier alpha value is -1.81. The number of unbranched alkanes of at least 4 members (excludes halogenated alkanes) is 1. The minimum absolute atomic E-state index is 0.0136. The Labute approximate surface area is 142 Å². The van der Waals surface area contributed by atoms with Gasteiger partial charge in [0.2, 0.25) is 0 Å². The van der Waals surface area contributed by atoms with Crippen molar-refractivity contribution in [3.8, 4) is 0 Å². The fourth-order valence-corrected chi connectivity index (χ4v) is 4.39. The summed E-state index contributed by atoms with van der Waals surface area (Å²) in [6.45, 7) is 2.38. The summed E-state index contributed by atoms with van der Waals surface area (Å²) >= 11 is 0. The Kier molecular flexibility index (Phi) is 4.09. The molecule has 4 nitrogen and oxygen atoms in total. The lowest BCUT2D eigenvalue weighted by atomic mass is 10.0. The monoisotopic (exact) mass is 327 g/mol. The average molecular weight is 327 g/mol. The molecule has 0 spiro atoms. The van der Waals surface area contributed by atoms with Crippen molar-refractivity contribution in [3.63, 3.8) is 0 Å². The van der Waals surface area contributed by atoms with Crippen LogP contribution in [-0.2, 0) is 6.42 Å². The highest BCUT2D eigenvalue weighted by molar-refractivity contribution is 6.07. The van der Waals surface area contributed by atoms with Gasteiger partial charge in [-0.25, -0.2) is 0 Å². The van der Waals surface area contributed by atoms with E-state index >= 15 is 0 Å². The normalized spacial score (nSPS) is 28.1. The maximum absolute atomic E-state index is 13.0. The summed E-state index contributed by atoms with van der Waals surface area (Å²) in [4.78, 5) is 13.0. The number of carbonyl (C=O) groups excluding carboxylic acids is 1. The second-order valence-electron chi connectivity index (χ2n) is 7.32. The zero-order valence-electron chi connectivity index (χ0n) is 14.1. The molecule has 0 aliphatic heterocycles. The number of fused-ring (bicyclic) bond motifs is 2. The average Bonchev–Trinajstić information content (AvgIpc) is 3.19. The first kappa shape index (κ1) is 15.7. The molecule has 1 aromatic heterocycles. The van der Waals surface area contributed by atoms with Crippen LogP contribution in [0.5, 0.6) is 0 Å². The molecule has 4 rings (SSSR count). The second kappa shape index (κ2) is 6.25. The van der Waals surface area contributed by atoms with Crippen LogP contribution < -0.4 is 5.32 Å². The van der Waals surface area contributed by atoms with Crippen LogP contribution in [0.4, 0.5) is 0 Å². The number of benzene rings is 1. The van der Waals surface area contributed by atoms with Crippen LogP contribution in [0.15, 0.2) is 28.7 Å². The van der Waals surface area contributed by atoms with Gasteiger partial charge in [-0.05, 0) is 43.1 Å². The van der Waals surface area contributed by atoms with Gasteiger partial charge in [0, 0.05) is 24.5 Å². The summed E-state index contributed by atoms with van der Waals surface area (Å²) in [7, 11) is 0. The first-order valence-electron chi connectivity index (χ1n) is 9.15. The van der Waals surface area contributed by atoms with E-state index in [2.05, 4.69) is 12.2 Å². The number of nitrogens with one attached hydrogen (secondary N) is 1. The largest absolute Gasteiger partial charge is 0.460 e. The van der Waals surface area contributed by atoms with E-state index in [4.69, 9.17) is 4.42 Å². The van der Waals surface area contributed by atoms with E-state index < -0.39 is 0 Å². The van der Waals surface area contributed by atoms with Gasteiger partial charge in [-0.15, -0.1) is 0 Å². The molecule has 1 amide bonds. The molecular formula is C20H25NO3.